The lowest BCUT2D eigenvalue weighted by molar-refractivity contribution is -0.163. The first-order chi connectivity index (χ1) is 15.1. The second kappa shape index (κ2) is 6.95. The van der Waals surface area contributed by atoms with Crippen molar-refractivity contribution in [2.24, 2.45) is 11.8 Å². The number of rotatable bonds is 5. The molecule has 0 unspecified atom stereocenters. The molecule has 2 N–H and O–H groups in total. The molecule has 0 aliphatic carbocycles. The topological polar surface area (TPSA) is 142 Å². The van der Waals surface area contributed by atoms with E-state index in [1.54, 1.807) is 6.20 Å². The van der Waals surface area contributed by atoms with E-state index in [-0.39, 0.29) is 21.5 Å². The molecule has 0 spiro atoms. The molecule has 10 nitrogen and oxygen atoms in total. The summed E-state index contributed by atoms with van der Waals surface area (Å²) in [5.74, 6) is -2.69. The molecule has 2 aliphatic heterocycles. The molecule has 1 fully saturated rings. The molecular formula is C20H18N4O6S2. The van der Waals surface area contributed by atoms with E-state index in [4.69, 9.17) is 0 Å². The van der Waals surface area contributed by atoms with Crippen LogP contribution in [0.25, 0.3) is 10.4 Å². The Balaban J connectivity index is 1.64. The van der Waals surface area contributed by atoms with E-state index in [2.05, 4.69) is 9.97 Å². The maximum absolute atomic E-state index is 13.1. The van der Waals surface area contributed by atoms with Gasteiger partial charge in [-0.1, -0.05) is 6.92 Å². The van der Waals surface area contributed by atoms with Crippen molar-refractivity contribution in [2.75, 3.05) is 0 Å². The van der Waals surface area contributed by atoms with Crippen LogP contribution in [0.2, 0.25) is 0 Å². The van der Waals surface area contributed by atoms with Crippen LogP contribution in [0.3, 0.4) is 0 Å². The van der Waals surface area contributed by atoms with Gasteiger partial charge >= 0.3 is 5.97 Å². The summed E-state index contributed by atoms with van der Waals surface area (Å²) in [6.07, 6.45) is 4.85. The van der Waals surface area contributed by atoms with Gasteiger partial charge in [-0.2, -0.15) is 0 Å². The number of aliphatic carboxylic acids is 1. The highest BCUT2D eigenvalue weighted by atomic mass is 32.2. The van der Waals surface area contributed by atoms with Crippen LogP contribution in [0.1, 0.15) is 18.7 Å². The first-order valence-corrected chi connectivity index (χ1v) is 12.0. The Morgan fingerprint density at radius 3 is 2.59 bits per heavy atom. The fourth-order valence-electron chi connectivity index (χ4n) is 4.61. The zero-order valence-electron chi connectivity index (χ0n) is 16.9. The third-order valence-corrected chi connectivity index (χ3v) is 9.01. The van der Waals surface area contributed by atoms with Crippen LogP contribution in [0, 0.1) is 11.8 Å². The average Bonchev–Trinajstić information content (AvgIpc) is 3.38. The number of β-lactam (4-membered cyclic amide) rings is 1. The van der Waals surface area contributed by atoms with Gasteiger partial charge in [0.25, 0.3) is 0 Å². The average molecular weight is 475 g/mol. The molecule has 5 rings (SSSR count). The second-order valence-corrected chi connectivity index (χ2v) is 10.8. The van der Waals surface area contributed by atoms with Gasteiger partial charge in [0.2, 0.25) is 15.7 Å². The van der Waals surface area contributed by atoms with Crippen molar-refractivity contribution in [2.45, 2.75) is 35.9 Å². The minimum atomic E-state index is -3.91. The number of carboxylic acid groups (broad SMARTS) is 1. The Bertz CT molecular complexity index is 1410. The van der Waals surface area contributed by atoms with E-state index in [1.807, 2.05) is 6.92 Å². The van der Waals surface area contributed by atoms with Gasteiger partial charge in [-0.05, 0) is 19.1 Å². The van der Waals surface area contributed by atoms with E-state index in [0.29, 0.717) is 15.3 Å². The standard InChI is InChI=1S/C20H18N4O6S2/c1-9-13(16(20(27)28)24-15(9)14(10(2)25)18(24)26)12-7-23-8-22-17(19(23)31-12)32(29,30)11-3-5-21-6-4-11/h3-10,14-15,25H,1-2H3,(H,27,28)/t9-,10+,14+,15+/m0/s1. The van der Waals surface area contributed by atoms with E-state index in [0.717, 1.165) is 11.3 Å². The van der Waals surface area contributed by atoms with Crippen molar-refractivity contribution in [1.29, 1.82) is 0 Å². The predicted octanol–water partition coefficient (Wildman–Crippen LogP) is 1.28. The van der Waals surface area contributed by atoms with Gasteiger partial charge in [0, 0.05) is 30.1 Å². The summed E-state index contributed by atoms with van der Waals surface area (Å²) >= 11 is 1.10. The van der Waals surface area contributed by atoms with Gasteiger partial charge in [-0.25, -0.2) is 18.2 Å². The summed E-state index contributed by atoms with van der Waals surface area (Å²) in [5.41, 5.74) is 0.320. The normalized spacial score (nSPS) is 24.0. The number of aliphatic hydroxyl groups is 1. The lowest BCUT2D eigenvalue weighted by Gasteiger charge is -2.46. The molecule has 0 bridgehead atoms. The van der Waals surface area contributed by atoms with Gasteiger partial charge in [0.1, 0.15) is 16.9 Å². The van der Waals surface area contributed by atoms with Crippen molar-refractivity contribution in [3.63, 3.8) is 0 Å². The Labute approximate surface area is 186 Å². The molecule has 166 valence electrons. The van der Waals surface area contributed by atoms with Gasteiger partial charge < -0.3 is 15.1 Å². The minimum Gasteiger partial charge on any atom is -0.477 e. The highest BCUT2D eigenvalue weighted by Gasteiger charge is 2.60. The summed E-state index contributed by atoms with van der Waals surface area (Å²) in [6, 6.07) is 2.31. The largest absolute Gasteiger partial charge is 0.477 e. The molecule has 0 aromatic carbocycles. The van der Waals surface area contributed by atoms with Gasteiger partial charge in [-0.3, -0.25) is 14.2 Å². The zero-order valence-corrected chi connectivity index (χ0v) is 18.5. The molecule has 12 heteroatoms. The highest BCUT2D eigenvalue weighted by Crippen LogP contribution is 2.51. The number of thiazole rings is 1. The first kappa shape index (κ1) is 20.8. The monoisotopic (exact) mass is 474 g/mol. The number of carbonyl (C=O) groups excluding carboxylic acids is 1. The number of imidazole rings is 1. The summed E-state index contributed by atoms with van der Waals surface area (Å²) in [6.45, 7) is 3.33. The molecule has 32 heavy (non-hydrogen) atoms. The number of pyridine rings is 1. The van der Waals surface area contributed by atoms with E-state index >= 15 is 0 Å². The van der Waals surface area contributed by atoms with E-state index in [1.165, 1.54) is 47.1 Å². The molecule has 0 saturated carbocycles. The van der Waals surface area contributed by atoms with Crippen molar-refractivity contribution in [3.8, 4) is 0 Å². The maximum atomic E-state index is 13.1. The van der Waals surface area contributed by atoms with Gasteiger partial charge in [0.15, 0.2) is 5.03 Å². The number of aliphatic hydroxyl groups excluding tert-OH is 1. The van der Waals surface area contributed by atoms with Gasteiger partial charge in [0.05, 0.1) is 27.8 Å². The number of sulfone groups is 1. The Morgan fingerprint density at radius 2 is 1.97 bits per heavy atom. The van der Waals surface area contributed by atoms with Gasteiger partial charge in [-0.15, -0.1) is 11.3 Å². The Kier molecular flexibility index (Phi) is 4.52. The van der Waals surface area contributed by atoms with Crippen molar-refractivity contribution in [3.05, 3.63) is 47.6 Å². The number of aromatic nitrogens is 3. The quantitative estimate of drug-likeness (QED) is 0.527. The van der Waals surface area contributed by atoms with Crippen LogP contribution in [0.15, 0.2) is 52.7 Å². The summed E-state index contributed by atoms with van der Waals surface area (Å²) < 4.78 is 27.7. The number of carboxylic acids is 1. The summed E-state index contributed by atoms with van der Waals surface area (Å²) in [5, 5.41) is 19.7. The van der Waals surface area contributed by atoms with Crippen molar-refractivity contribution < 1.29 is 28.2 Å². The molecule has 2 aliphatic rings. The number of hydrogen-bond acceptors (Lipinski definition) is 8. The molecular weight excluding hydrogens is 456 g/mol. The summed E-state index contributed by atoms with van der Waals surface area (Å²) in [4.78, 5) is 34.7. The predicted molar refractivity (Wildman–Crippen MR) is 112 cm³/mol. The fourth-order valence-corrected chi connectivity index (χ4v) is 7.40. The van der Waals surface area contributed by atoms with Crippen LogP contribution >= 0.6 is 11.3 Å². The molecule has 1 saturated heterocycles. The lowest BCUT2D eigenvalue weighted by Crippen LogP contribution is -2.63. The second-order valence-electron chi connectivity index (χ2n) is 7.87. The number of carbonyl (C=O) groups is 2. The fraction of sp³-hybridized carbons (Fsp3) is 0.300. The van der Waals surface area contributed by atoms with Crippen LogP contribution in [-0.4, -0.2) is 61.9 Å². The lowest BCUT2D eigenvalue weighted by atomic mass is 9.77. The molecule has 0 radical (unpaired) electrons. The third-order valence-electron chi connectivity index (χ3n) is 6.03. The molecule has 4 atom stereocenters. The van der Waals surface area contributed by atoms with E-state index < -0.39 is 39.8 Å². The van der Waals surface area contributed by atoms with Crippen LogP contribution in [-0.2, 0) is 19.4 Å². The Morgan fingerprint density at radius 1 is 1.28 bits per heavy atom. The Hall–Kier alpha value is -3.09. The SMILES string of the molecule is C[C@@H](O)[C@H]1C(=O)N2C(C(=O)O)=C(c3cn4cnc(S(=O)(=O)c5ccncc5)c4s3)[C@H](C)[C@H]12. The highest BCUT2D eigenvalue weighted by molar-refractivity contribution is 7.91. The first-order valence-electron chi connectivity index (χ1n) is 9.75. The molecule has 3 aromatic rings. The van der Waals surface area contributed by atoms with Crippen molar-refractivity contribution >= 4 is 43.5 Å². The molecule has 1 amide bonds. The number of hydrogen-bond donors (Lipinski definition) is 2. The summed E-state index contributed by atoms with van der Waals surface area (Å²) in [7, 11) is -3.91. The number of amides is 1. The maximum Gasteiger partial charge on any atom is 0.352 e. The minimum absolute atomic E-state index is 0.0530. The van der Waals surface area contributed by atoms with E-state index in [9.17, 15) is 28.2 Å². The van der Waals surface area contributed by atoms with Crippen LogP contribution in [0.4, 0.5) is 0 Å². The number of nitrogens with zero attached hydrogens (tertiary/aromatic N) is 4. The van der Waals surface area contributed by atoms with Crippen LogP contribution in [0.5, 0.6) is 0 Å². The third kappa shape index (κ3) is 2.69. The smallest absolute Gasteiger partial charge is 0.352 e. The van der Waals surface area contributed by atoms with Crippen molar-refractivity contribution in [1.82, 2.24) is 19.3 Å². The zero-order chi connectivity index (χ0) is 22.9. The number of fused-ring (bicyclic) bond motifs is 2. The molecule has 5 heterocycles. The van der Waals surface area contributed by atoms with Crippen LogP contribution < -0.4 is 0 Å². The molecule has 3 aromatic heterocycles.